The Balaban J connectivity index is 1.91. The number of pyridine rings is 1. The predicted molar refractivity (Wildman–Crippen MR) is 100 cm³/mol. The Morgan fingerprint density at radius 2 is 2.00 bits per heavy atom. The standard InChI is InChI=1S/C17H26N4O5S/c1-17(2,12-22)19-15(23)13-10-14-16(18-11-13)26-9-8-21(14)27(24,25)20-6-4-3-5-7-20/h10-11,22H,3-9,12H2,1-2H3,(H,19,23). The minimum atomic E-state index is -3.71. The van der Waals surface area contributed by atoms with Crippen LogP contribution in [-0.2, 0) is 10.2 Å². The molecule has 0 radical (unpaired) electrons. The van der Waals surface area contributed by atoms with E-state index in [0.29, 0.717) is 13.1 Å². The summed E-state index contributed by atoms with van der Waals surface area (Å²) in [6, 6.07) is 1.48. The van der Waals surface area contributed by atoms with Crippen LogP contribution in [0.4, 0.5) is 5.69 Å². The van der Waals surface area contributed by atoms with Gasteiger partial charge in [0.15, 0.2) is 0 Å². The molecule has 1 amide bonds. The first-order valence-electron chi connectivity index (χ1n) is 9.09. The smallest absolute Gasteiger partial charge is 0.304 e. The molecule has 10 heteroatoms. The van der Waals surface area contributed by atoms with E-state index in [-0.39, 0.29) is 36.9 Å². The molecule has 0 aromatic carbocycles. The van der Waals surface area contributed by atoms with Crippen molar-refractivity contribution in [2.45, 2.75) is 38.6 Å². The third kappa shape index (κ3) is 4.17. The normalized spacial score (nSPS) is 18.6. The first-order valence-corrected chi connectivity index (χ1v) is 10.5. The van der Waals surface area contributed by atoms with E-state index >= 15 is 0 Å². The lowest BCUT2D eigenvalue weighted by molar-refractivity contribution is 0.0869. The molecule has 27 heavy (non-hydrogen) atoms. The number of aliphatic hydroxyl groups is 1. The topological polar surface area (TPSA) is 112 Å². The van der Waals surface area contributed by atoms with Gasteiger partial charge in [0.2, 0.25) is 5.88 Å². The minimum Gasteiger partial charge on any atom is -0.474 e. The molecule has 2 N–H and O–H groups in total. The molecule has 0 bridgehead atoms. The van der Waals surface area contributed by atoms with Crippen molar-refractivity contribution < 1.29 is 23.1 Å². The summed E-state index contributed by atoms with van der Waals surface area (Å²) in [5, 5.41) is 12.0. The monoisotopic (exact) mass is 398 g/mol. The average molecular weight is 398 g/mol. The molecule has 9 nitrogen and oxygen atoms in total. The number of anilines is 1. The Labute approximate surface area is 159 Å². The van der Waals surface area contributed by atoms with Gasteiger partial charge in [-0.15, -0.1) is 0 Å². The first kappa shape index (κ1) is 19.8. The van der Waals surface area contributed by atoms with Crippen LogP contribution in [0.15, 0.2) is 12.3 Å². The molecule has 3 heterocycles. The number of hydrogen-bond donors (Lipinski definition) is 2. The Bertz CT molecular complexity index is 806. The molecule has 1 saturated heterocycles. The number of fused-ring (bicyclic) bond motifs is 1. The number of hydrogen-bond acceptors (Lipinski definition) is 6. The van der Waals surface area contributed by atoms with Crippen LogP contribution in [0.25, 0.3) is 0 Å². The lowest BCUT2D eigenvalue weighted by atomic mass is 10.1. The van der Waals surface area contributed by atoms with Crippen LogP contribution >= 0.6 is 0 Å². The molecule has 0 aliphatic carbocycles. The first-order chi connectivity index (χ1) is 12.7. The lowest BCUT2D eigenvalue weighted by Crippen LogP contribution is -2.49. The maximum atomic E-state index is 13.1. The zero-order valence-electron chi connectivity index (χ0n) is 15.6. The fourth-order valence-electron chi connectivity index (χ4n) is 3.09. The quantitative estimate of drug-likeness (QED) is 0.748. The van der Waals surface area contributed by atoms with Crippen LogP contribution in [0.2, 0.25) is 0 Å². The third-order valence-corrected chi connectivity index (χ3v) is 6.62. The maximum absolute atomic E-state index is 13.1. The number of amides is 1. The van der Waals surface area contributed by atoms with Crippen molar-refractivity contribution in [1.29, 1.82) is 0 Å². The van der Waals surface area contributed by atoms with Crippen LogP contribution in [0.5, 0.6) is 5.88 Å². The van der Waals surface area contributed by atoms with Gasteiger partial charge in [0.1, 0.15) is 12.3 Å². The van der Waals surface area contributed by atoms with Crippen molar-refractivity contribution in [2.24, 2.45) is 0 Å². The summed E-state index contributed by atoms with van der Waals surface area (Å²) in [7, 11) is -3.71. The van der Waals surface area contributed by atoms with Gasteiger partial charge in [0, 0.05) is 19.3 Å². The molecule has 3 rings (SSSR count). The molecule has 0 saturated carbocycles. The number of aliphatic hydroxyl groups excluding tert-OH is 1. The fourth-order valence-corrected chi connectivity index (χ4v) is 4.78. The van der Waals surface area contributed by atoms with Crippen LogP contribution in [0, 0.1) is 0 Å². The number of ether oxygens (including phenoxy) is 1. The summed E-state index contributed by atoms with van der Waals surface area (Å²) in [5.74, 6) is -0.245. The second-order valence-corrected chi connectivity index (χ2v) is 9.29. The minimum absolute atomic E-state index is 0.167. The second kappa shape index (κ2) is 7.61. The molecule has 150 valence electrons. The van der Waals surface area contributed by atoms with Gasteiger partial charge >= 0.3 is 10.2 Å². The van der Waals surface area contributed by atoms with E-state index in [1.54, 1.807) is 13.8 Å². The highest BCUT2D eigenvalue weighted by Crippen LogP contribution is 2.33. The number of piperidine rings is 1. The van der Waals surface area contributed by atoms with Gasteiger partial charge in [-0.25, -0.2) is 9.29 Å². The van der Waals surface area contributed by atoms with Gasteiger partial charge in [-0.05, 0) is 32.8 Å². The fraction of sp³-hybridized carbons (Fsp3) is 0.647. The van der Waals surface area contributed by atoms with Crippen molar-refractivity contribution >= 4 is 21.8 Å². The van der Waals surface area contributed by atoms with Crippen molar-refractivity contribution in [2.75, 3.05) is 37.2 Å². The Kier molecular flexibility index (Phi) is 5.59. The van der Waals surface area contributed by atoms with E-state index in [2.05, 4.69) is 10.3 Å². The predicted octanol–water partition coefficient (Wildman–Crippen LogP) is 0.512. The van der Waals surface area contributed by atoms with Crippen LogP contribution in [-0.4, -0.2) is 67.1 Å². The van der Waals surface area contributed by atoms with Crippen molar-refractivity contribution in [3.63, 3.8) is 0 Å². The number of nitrogens with zero attached hydrogens (tertiary/aromatic N) is 3. The second-order valence-electron chi connectivity index (χ2n) is 7.43. The van der Waals surface area contributed by atoms with Gasteiger partial charge < -0.3 is 15.2 Å². The molecular weight excluding hydrogens is 372 g/mol. The number of carbonyl (C=O) groups is 1. The Morgan fingerprint density at radius 3 is 2.67 bits per heavy atom. The highest BCUT2D eigenvalue weighted by molar-refractivity contribution is 7.90. The number of nitrogens with one attached hydrogen (secondary N) is 1. The van der Waals surface area contributed by atoms with Gasteiger partial charge in [0.25, 0.3) is 5.91 Å². The number of rotatable bonds is 5. The molecular formula is C17H26N4O5S. The van der Waals surface area contributed by atoms with E-state index in [9.17, 15) is 18.3 Å². The number of carbonyl (C=O) groups excluding carboxylic acids is 1. The molecule has 0 unspecified atom stereocenters. The summed E-state index contributed by atoms with van der Waals surface area (Å²) in [5.41, 5.74) is -0.329. The summed E-state index contributed by atoms with van der Waals surface area (Å²) in [4.78, 5) is 16.6. The summed E-state index contributed by atoms with van der Waals surface area (Å²) < 4.78 is 34.4. The summed E-state index contributed by atoms with van der Waals surface area (Å²) >= 11 is 0. The molecule has 2 aliphatic heterocycles. The van der Waals surface area contributed by atoms with E-state index in [0.717, 1.165) is 19.3 Å². The molecule has 0 spiro atoms. The van der Waals surface area contributed by atoms with Crippen LogP contribution < -0.4 is 14.4 Å². The molecule has 1 aromatic rings. The molecule has 2 aliphatic rings. The van der Waals surface area contributed by atoms with Gasteiger partial charge in [-0.1, -0.05) is 6.42 Å². The summed E-state index contributed by atoms with van der Waals surface area (Å²) in [6.45, 7) is 4.51. The largest absolute Gasteiger partial charge is 0.474 e. The van der Waals surface area contributed by atoms with E-state index in [1.165, 1.54) is 20.9 Å². The van der Waals surface area contributed by atoms with Crippen molar-refractivity contribution in [3.8, 4) is 5.88 Å². The van der Waals surface area contributed by atoms with E-state index in [1.807, 2.05) is 0 Å². The van der Waals surface area contributed by atoms with Crippen molar-refractivity contribution in [3.05, 3.63) is 17.8 Å². The average Bonchev–Trinajstić information content (AvgIpc) is 2.67. The lowest BCUT2D eigenvalue weighted by Gasteiger charge is -2.35. The zero-order valence-corrected chi connectivity index (χ0v) is 16.5. The Morgan fingerprint density at radius 1 is 1.30 bits per heavy atom. The highest BCUT2D eigenvalue weighted by Gasteiger charge is 2.35. The summed E-state index contributed by atoms with van der Waals surface area (Å²) in [6.07, 6.45) is 4.05. The van der Waals surface area contributed by atoms with Crippen LogP contribution in [0.1, 0.15) is 43.5 Å². The highest BCUT2D eigenvalue weighted by atomic mass is 32.2. The van der Waals surface area contributed by atoms with E-state index < -0.39 is 21.7 Å². The molecule has 1 aromatic heterocycles. The Hall–Kier alpha value is -1.91. The van der Waals surface area contributed by atoms with Gasteiger partial charge in [-0.3, -0.25) is 4.79 Å². The SMILES string of the molecule is CC(C)(CO)NC(=O)c1cnc2c(c1)N(S(=O)(=O)N1CCCCC1)CCO2. The molecule has 0 atom stereocenters. The maximum Gasteiger partial charge on any atom is 0.304 e. The van der Waals surface area contributed by atoms with Gasteiger partial charge in [0.05, 0.1) is 24.3 Å². The van der Waals surface area contributed by atoms with Crippen LogP contribution in [0.3, 0.4) is 0 Å². The van der Waals surface area contributed by atoms with Crippen molar-refractivity contribution in [1.82, 2.24) is 14.6 Å². The third-order valence-electron chi connectivity index (χ3n) is 4.66. The number of aromatic nitrogens is 1. The van der Waals surface area contributed by atoms with Gasteiger partial charge in [-0.2, -0.15) is 12.7 Å². The zero-order chi connectivity index (χ0) is 19.7. The van der Waals surface area contributed by atoms with E-state index in [4.69, 9.17) is 4.74 Å². The molecule has 1 fully saturated rings.